The maximum atomic E-state index is 11.6. The van der Waals surface area contributed by atoms with Crippen molar-refractivity contribution in [3.8, 4) is 5.75 Å². The summed E-state index contributed by atoms with van der Waals surface area (Å²) in [4.78, 5) is 32.3. The van der Waals surface area contributed by atoms with Gasteiger partial charge in [0.15, 0.2) is 6.29 Å². The Morgan fingerprint density at radius 1 is 1.39 bits per heavy atom. The fourth-order valence-corrected chi connectivity index (χ4v) is 1.12. The zero-order valence-corrected chi connectivity index (χ0v) is 10.3. The SMILES string of the molecule is CC(C)(C)C(=O)Oc1ccc([N+](=O)[O-])c(C=O)c1. The van der Waals surface area contributed by atoms with E-state index in [1.807, 2.05) is 0 Å². The highest BCUT2D eigenvalue weighted by molar-refractivity contribution is 5.83. The molecule has 6 nitrogen and oxygen atoms in total. The van der Waals surface area contributed by atoms with Crippen LogP contribution in [-0.4, -0.2) is 17.2 Å². The van der Waals surface area contributed by atoms with Crippen molar-refractivity contribution in [1.82, 2.24) is 0 Å². The predicted octanol–water partition coefficient (Wildman–Crippen LogP) is 2.36. The van der Waals surface area contributed by atoms with E-state index in [9.17, 15) is 19.7 Å². The van der Waals surface area contributed by atoms with Crippen molar-refractivity contribution < 1.29 is 19.2 Å². The van der Waals surface area contributed by atoms with E-state index in [0.29, 0.717) is 6.29 Å². The van der Waals surface area contributed by atoms with Crippen LogP contribution >= 0.6 is 0 Å². The lowest BCUT2D eigenvalue weighted by atomic mass is 9.97. The minimum atomic E-state index is -0.691. The van der Waals surface area contributed by atoms with Gasteiger partial charge in [-0.3, -0.25) is 19.7 Å². The number of nitrogens with zero attached hydrogens (tertiary/aromatic N) is 1. The highest BCUT2D eigenvalue weighted by Gasteiger charge is 2.24. The van der Waals surface area contributed by atoms with Crippen LogP contribution in [0.4, 0.5) is 5.69 Å². The highest BCUT2D eigenvalue weighted by atomic mass is 16.6. The molecule has 1 rings (SSSR count). The third-order valence-electron chi connectivity index (χ3n) is 2.15. The van der Waals surface area contributed by atoms with Crippen LogP contribution in [-0.2, 0) is 4.79 Å². The lowest BCUT2D eigenvalue weighted by molar-refractivity contribution is -0.385. The van der Waals surface area contributed by atoms with Crippen molar-refractivity contribution in [2.45, 2.75) is 20.8 Å². The third-order valence-corrected chi connectivity index (χ3v) is 2.15. The smallest absolute Gasteiger partial charge is 0.316 e. The maximum Gasteiger partial charge on any atom is 0.316 e. The van der Waals surface area contributed by atoms with Crippen molar-refractivity contribution in [3.05, 3.63) is 33.9 Å². The molecular formula is C12H13NO5. The van der Waals surface area contributed by atoms with Crippen LogP contribution < -0.4 is 4.74 Å². The molecule has 1 aromatic rings. The van der Waals surface area contributed by atoms with Crippen LogP contribution in [0.1, 0.15) is 31.1 Å². The second-order valence-electron chi connectivity index (χ2n) is 4.74. The van der Waals surface area contributed by atoms with E-state index in [1.54, 1.807) is 20.8 Å². The van der Waals surface area contributed by atoms with Gasteiger partial charge in [0.1, 0.15) is 5.75 Å². The first kappa shape index (κ1) is 13.8. The summed E-state index contributed by atoms with van der Waals surface area (Å²) in [5.74, 6) is -0.365. The average Bonchev–Trinajstić information content (AvgIpc) is 2.27. The van der Waals surface area contributed by atoms with Crippen molar-refractivity contribution in [2.75, 3.05) is 0 Å². The molecule has 18 heavy (non-hydrogen) atoms. The molecule has 0 bridgehead atoms. The van der Waals surface area contributed by atoms with Crippen LogP contribution in [0.5, 0.6) is 5.75 Å². The topological polar surface area (TPSA) is 86.5 Å². The van der Waals surface area contributed by atoms with E-state index in [4.69, 9.17) is 4.74 Å². The Morgan fingerprint density at radius 3 is 2.44 bits per heavy atom. The monoisotopic (exact) mass is 251 g/mol. The summed E-state index contributed by atoms with van der Waals surface area (Å²) < 4.78 is 5.04. The number of benzene rings is 1. The zero-order chi connectivity index (χ0) is 13.9. The van der Waals surface area contributed by atoms with Crippen LogP contribution in [0.15, 0.2) is 18.2 Å². The Hall–Kier alpha value is -2.24. The molecule has 0 radical (unpaired) electrons. The Labute approximate surface area is 104 Å². The van der Waals surface area contributed by atoms with Gasteiger partial charge < -0.3 is 4.74 Å². The number of carbonyl (C=O) groups excluding carboxylic acids is 2. The highest BCUT2D eigenvalue weighted by Crippen LogP contribution is 2.25. The predicted molar refractivity (Wildman–Crippen MR) is 63.6 cm³/mol. The molecule has 0 atom stereocenters. The summed E-state index contributed by atoms with van der Waals surface area (Å²) in [5, 5.41) is 10.6. The normalized spacial score (nSPS) is 10.8. The van der Waals surface area contributed by atoms with Gasteiger partial charge in [-0.15, -0.1) is 0 Å². The first-order chi connectivity index (χ1) is 8.25. The van der Waals surface area contributed by atoms with E-state index < -0.39 is 16.3 Å². The molecular weight excluding hydrogens is 238 g/mol. The van der Waals surface area contributed by atoms with E-state index in [2.05, 4.69) is 0 Å². The van der Waals surface area contributed by atoms with Crippen LogP contribution in [0.2, 0.25) is 0 Å². The summed E-state index contributed by atoms with van der Waals surface area (Å²) >= 11 is 0. The van der Waals surface area contributed by atoms with Crippen molar-refractivity contribution in [2.24, 2.45) is 5.41 Å². The van der Waals surface area contributed by atoms with E-state index in [-0.39, 0.29) is 17.0 Å². The van der Waals surface area contributed by atoms with Gasteiger partial charge in [0, 0.05) is 6.07 Å². The fraction of sp³-hybridized carbons (Fsp3) is 0.333. The van der Waals surface area contributed by atoms with Gasteiger partial charge in [-0.25, -0.2) is 0 Å². The molecule has 96 valence electrons. The number of ether oxygens (including phenoxy) is 1. The van der Waals surface area contributed by atoms with Crippen molar-refractivity contribution in [1.29, 1.82) is 0 Å². The fourth-order valence-electron chi connectivity index (χ4n) is 1.12. The summed E-state index contributed by atoms with van der Waals surface area (Å²) in [6.45, 7) is 5.05. The van der Waals surface area contributed by atoms with E-state index in [0.717, 1.165) is 6.07 Å². The Morgan fingerprint density at radius 2 is 2.00 bits per heavy atom. The average molecular weight is 251 g/mol. The van der Waals surface area contributed by atoms with Crippen molar-refractivity contribution in [3.63, 3.8) is 0 Å². The van der Waals surface area contributed by atoms with Gasteiger partial charge in [-0.1, -0.05) is 0 Å². The molecule has 0 fully saturated rings. The molecule has 0 saturated carbocycles. The lowest BCUT2D eigenvalue weighted by Crippen LogP contribution is -2.25. The minimum Gasteiger partial charge on any atom is -0.426 e. The molecule has 0 heterocycles. The summed E-state index contributed by atoms with van der Waals surface area (Å²) in [6.07, 6.45) is 0.354. The van der Waals surface area contributed by atoms with Gasteiger partial charge in [0.2, 0.25) is 0 Å². The van der Waals surface area contributed by atoms with Crippen LogP contribution in [0, 0.1) is 15.5 Å². The van der Waals surface area contributed by atoms with Gasteiger partial charge in [0.25, 0.3) is 5.69 Å². The van der Waals surface area contributed by atoms with Crippen LogP contribution in [0.25, 0.3) is 0 Å². The maximum absolute atomic E-state index is 11.6. The third kappa shape index (κ3) is 3.13. The number of esters is 1. The van der Waals surface area contributed by atoms with Crippen molar-refractivity contribution >= 4 is 17.9 Å². The lowest BCUT2D eigenvalue weighted by Gasteiger charge is -2.16. The summed E-state index contributed by atoms with van der Waals surface area (Å²) in [5.41, 5.74) is -1.14. The van der Waals surface area contributed by atoms with Gasteiger partial charge in [-0.2, -0.15) is 0 Å². The molecule has 1 aromatic carbocycles. The molecule has 6 heteroatoms. The number of nitro groups is 1. The number of hydrogen-bond acceptors (Lipinski definition) is 5. The molecule has 0 aliphatic rings. The Bertz CT molecular complexity index is 502. The largest absolute Gasteiger partial charge is 0.426 e. The van der Waals surface area contributed by atoms with Gasteiger partial charge in [-0.05, 0) is 32.9 Å². The van der Waals surface area contributed by atoms with Gasteiger partial charge >= 0.3 is 5.97 Å². The number of aldehydes is 1. The summed E-state index contributed by atoms with van der Waals surface area (Å²) in [6, 6.07) is 3.60. The molecule has 0 aliphatic carbocycles. The second kappa shape index (κ2) is 4.95. The molecule has 0 amide bonds. The summed E-state index contributed by atoms with van der Waals surface area (Å²) in [7, 11) is 0. The van der Waals surface area contributed by atoms with Gasteiger partial charge in [0.05, 0.1) is 15.9 Å². The molecule has 0 saturated heterocycles. The molecule has 0 unspecified atom stereocenters. The van der Waals surface area contributed by atoms with Crippen LogP contribution in [0.3, 0.4) is 0 Å². The minimum absolute atomic E-state index is 0.114. The zero-order valence-electron chi connectivity index (χ0n) is 10.3. The Balaban J connectivity index is 3.04. The second-order valence-corrected chi connectivity index (χ2v) is 4.74. The first-order valence-electron chi connectivity index (χ1n) is 5.21. The molecule has 0 aromatic heterocycles. The molecule has 0 N–H and O–H groups in total. The standard InChI is InChI=1S/C12H13NO5/c1-12(2,3)11(15)18-9-4-5-10(13(16)17)8(6-9)7-14/h4-7H,1-3H3. The number of rotatable bonds is 3. The quantitative estimate of drug-likeness (QED) is 0.270. The molecule has 0 aliphatic heterocycles. The number of hydrogen-bond donors (Lipinski definition) is 0. The number of nitro benzene ring substituents is 1. The molecule has 0 spiro atoms. The Kier molecular flexibility index (Phi) is 3.80. The number of carbonyl (C=O) groups is 2. The first-order valence-corrected chi connectivity index (χ1v) is 5.21. The van der Waals surface area contributed by atoms with E-state index in [1.165, 1.54) is 12.1 Å². The van der Waals surface area contributed by atoms with E-state index >= 15 is 0 Å².